The molecule has 0 radical (unpaired) electrons. The van der Waals surface area contributed by atoms with Gasteiger partial charge >= 0.3 is 0 Å². The molecule has 0 saturated carbocycles. The second-order valence-corrected chi connectivity index (χ2v) is 6.44. The Balaban J connectivity index is 1.99. The molecular weight excluding hydrogens is 276 g/mol. The SMILES string of the molecule is NNc1ncccc1S(=O)(=O)N1Cc2ccccc2C1. The standard InChI is InChI=1S/C13H14N4O2S/c14-16-13-12(6-3-7-15-13)20(18,19)17-8-10-4-1-2-5-11(10)9-17/h1-7H,8-9,14H2,(H,15,16). The minimum Gasteiger partial charge on any atom is -0.307 e. The first kappa shape index (κ1) is 13.0. The van der Waals surface area contributed by atoms with Gasteiger partial charge in [0, 0.05) is 19.3 Å². The predicted octanol–water partition coefficient (Wildman–Crippen LogP) is 1.07. The van der Waals surface area contributed by atoms with Gasteiger partial charge in [0.25, 0.3) is 0 Å². The summed E-state index contributed by atoms with van der Waals surface area (Å²) in [7, 11) is -3.62. The maximum Gasteiger partial charge on any atom is 0.247 e. The topological polar surface area (TPSA) is 88.3 Å². The van der Waals surface area contributed by atoms with Crippen molar-refractivity contribution in [1.82, 2.24) is 9.29 Å². The van der Waals surface area contributed by atoms with Gasteiger partial charge in [0.05, 0.1) is 0 Å². The fourth-order valence-corrected chi connectivity index (χ4v) is 3.82. The Bertz CT molecular complexity index is 721. The largest absolute Gasteiger partial charge is 0.307 e. The van der Waals surface area contributed by atoms with Crippen molar-refractivity contribution in [3.63, 3.8) is 0 Å². The normalized spacial score (nSPS) is 15.1. The van der Waals surface area contributed by atoms with Crippen LogP contribution in [-0.4, -0.2) is 17.7 Å². The van der Waals surface area contributed by atoms with Crippen LogP contribution in [0, 0.1) is 0 Å². The van der Waals surface area contributed by atoms with E-state index in [2.05, 4.69) is 10.4 Å². The second kappa shape index (κ2) is 4.86. The fourth-order valence-electron chi connectivity index (χ4n) is 2.32. The number of anilines is 1. The summed E-state index contributed by atoms with van der Waals surface area (Å²) in [5.41, 5.74) is 4.39. The molecule has 0 aliphatic carbocycles. The summed E-state index contributed by atoms with van der Waals surface area (Å²) in [6.07, 6.45) is 1.49. The lowest BCUT2D eigenvalue weighted by molar-refractivity contribution is 0.431. The van der Waals surface area contributed by atoms with Crippen molar-refractivity contribution in [2.45, 2.75) is 18.0 Å². The van der Waals surface area contributed by atoms with E-state index >= 15 is 0 Å². The molecule has 0 fully saturated rings. The molecule has 2 aromatic rings. The van der Waals surface area contributed by atoms with Crippen molar-refractivity contribution in [3.05, 3.63) is 53.7 Å². The van der Waals surface area contributed by atoms with E-state index in [1.165, 1.54) is 16.6 Å². The molecule has 0 bridgehead atoms. The molecule has 20 heavy (non-hydrogen) atoms. The third kappa shape index (κ3) is 2.05. The highest BCUT2D eigenvalue weighted by molar-refractivity contribution is 7.89. The number of pyridine rings is 1. The molecule has 1 aromatic heterocycles. The number of hydrazine groups is 1. The molecule has 1 aliphatic rings. The van der Waals surface area contributed by atoms with Gasteiger partial charge in [0.15, 0.2) is 5.82 Å². The quantitative estimate of drug-likeness (QED) is 0.652. The third-order valence-corrected chi connectivity index (χ3v) is 5.16. The molecule has 2 heterocycles. The van der Waals surface area contributed by atoms with Gasteiger partial charge in [-0.05, 0) is 23.3 Å². The van der Waals surface area contributed by atoms with Crippen LogP contribution in [0.4, 0.5) is 5.82 Å². The summed E-state index contributed by atoms with van der Waals surface area (Å²) < 4.78 is 26.8. The van der Waals surface area contributed by atoms with E-state index in [0.29, 0.717) is 13.1 Å². The summed E-state index contributed by atoms with van der Waals surface area (Å²) in [6, 6.07) is 10.8. The monoisotopic (exact) mass is 290 g/mol. The zero-order valence-corrected chi connectivity index (χ0v) is 11.5. The van der Waals surface area contributed by atoms with Gasteiger partial charge in [-0.2, -0.15) is 4.31 Å². The predicted molar refractivity (Wildman–Crippen MR) is 74.9 cm³/mol. The smallest absolute Gasteiger partial charge is 0.247 e. The summed E-state index contributed by atoms with van der Waals surface area (Å²) in [6.45, 7) is 0.745. The first-order chi connectivity index (χ1) is 9.63. The molecule has 0 unspecified atom stereocenters. The number of aromatic nitrogens is 1. The number of fused-ring (bicyclic) bond motifs is 1. The Labute approximate surface area is 117 Å². The number of benzene rings is 1. The number of hydrogen-bond donors (Lipinski definition) is 2. The van der Waals surface area contributed by atoms with E-state index in [4.69, 9.17) is 5.84 Å². The van der Waals surface area contributed by atoms with Gasteiger partial charge in [-0.1, -0.05) is 24.3 Å². The van der Waals surface area contributed by atoms with Crippen molar-refractivity contribution in [3.8, 4) is 0 Å². The maximum atomic E-state index is 12.7. The number of nitrogens with one attached hydrogen (secondary N) is 1. The zero-order valence-electron chi connectivity index (χ0n) is 10.7. The number of sulfonamides is 1. The van der Waals surface area contributed by atoms with Crippen LogP contribution >= 0.6 is 0 Å². The highest BCUT2D eigenvalue weighted by Gasteiger charge is 2.32. The molecule has 3 N–H and O–H groups in total. The van der Waals surface area contributed by atoms with E-state index in [1.807, 2.05) is 24.3 Å². The van der Waals surface area contributed by atoms with E-state index in [0.717, 1.165) is 11.1 Å². The lowest BCUT2D eigenvalue weighted by atomic mass is 10.1. The number of nitrogens with two attached hydrogens (primary N) is 1. The first-order valence-corrected chi connectivity index (χ1v) is 7.55. The van der Waals surface area contributed by atoms with Gasteiger partial charge in [-0.25, -0.2) is 19.2 Å². The summed E-state index contributed by atoms with van der Waals surface area (Å²) >= 11 is 0. The number of nitrogens with zero attached hydrogens (tertiary/aromatic N) is 2. The first-order valence-electron chi connectivity index (χ1n) is 6.11. The molecule has 1 aromatic carbocycles. The Morgan fingerprint density at radius 3 is 2.35 bits per heavy atom. The van der Waals surface area contributed by atoms with Gasteiger partial charge in [0.2, 0.25) is 10.0 Å². The van der Waals surface area contributed by atoms with E-state index in [-0.39, 0.29) is 10.7 Å². The average molecular weight is 290 g/mol. The average Bonchev–Trinajstić information content (AvgIpc) is 2.92. The lowest BCUT2D eigenvalue weighted by Crippen LogP contribution is -2.27. The minimum atomic E-state index is -3.62. The molecule has 0 spiro atoms. The van der Waals surface area contributed by atoms with Crippen LogP contribution < -0.4 is 11.3 Å². The minimum absolute atomic E-state index is 0.0929. The highest BCUT2D eigenvalue weighted by atomic mass is 32.2. The van der Waals surface area contributed by atoms with E-state index in [9.17, 15) is 8.42 Å². The maximum absolute atomic E-state index is 12.7. The van der Waals surface area contributed by atoms with E-state index < -0.39 is 10.0 Å². The number of nitrogen functional groups attached to an aromatic ring is 1. The second-order valence-electron chi connectivity index (χ2n) is 4.54. The van der Waals surface area contributed by atoms with Crippen molar-refractivity contribution in [1.29, 1.82) is 0 Å². The molecule has 0 amide bonds. The van der Waals surface area contributed by atoms with Crippen LogP contribution in [0.25, 0.3) is 0 Å². The third-order valence-electron chi connectivity index (χ3n) is 3.34. The van der Waals surface area contributed by atoms with E-state index in [1.54, 1.807) is 6.07 Å². The van der Waals surface area contributed by atoms with Crippen LogP contribution in [0.5, 0.6) is 0 Å². The Hall–Kier alpha value is -1.96. The zero-order chi connectivity index (χ0) is 14.2. The van der Waals surface area contributed by atoms with Gasteiger partial charge < -0.3 is 5.43 Å². The van der Waals surface area contributed by atoms with Crippen molar-refractivity contribution < 1.29 is 8.42 Å². The molecular formula is C13H14N4O2S. The van der Waals surface area contributed by atoms with Gasteiger partial charge in [0.1, 0.15) is 4.90 Å². The van der Waals surface area contributed by atoms with Crippen molar-refractivity contribution in [2.75, 3.05) is 5.43 Å². The molecule has 104 valence electrons. The summed E-state index contributed by atoms with van der Waals surface area (Å²) in [5, 5.41) is 0. The Kier molecular flexibility index (Phi) is 3.17. The number of rotatable bonds is 3. The molecule has 6 nitrogen and oxygen atoms in total. The Morgan fingerprint density at radius 1 is 1.10 bits per heavy atom. The van der Waals surface area contributed by atoms with Crippen LogP contribution in [-0.2, 0) is 23.1 Å². The van der Waals surface area contributed by atoms with Crippen LogP contribution in [0.1, 0.15) is 11.1 Å². The molecule has 0 atom stereocenters. The molecule has 7 heteroatoms. The van der Waals surface area contributed by atoms with Crippen LogP contribution in [0.2, 0.25) is 0 Å². The van der Waals surface area contributed by atoms with Gasteiger partial charge in [-0.3, -0.25) is 0 Å². The summed E-state index contributed by atoms with van der Waals surface area (Å²) in [5.74, 6) is 5.49. The molecule has 0 saturated heterocycles. The van der Waals surface area contributed by atoms with Crippen molar-refractivity contribution in [2.24, 2.45) is 5.84 Å². The van der Waals surface area contributed by atoms with Crippen LogP contribution in [0.15, 0.2) is 47.5 Å². The fraction of sp³-hybridized carbons (Fsp3) is 0.154. The molecule has 3 rings (SSSR count). The van der Waals surface area contributed by atoms with Crippen molar-refractivity contribution >= 4 is 15.8 Å². The molecule has 1 aliphatic heterocycles. The summed E-state index contributed by atoms with van der Waals surface area (Å²) in [4.78, 5) is 4.03. The van der Waals surface area contributed by atoms with Gasteiger partial charge in [-0.15, -0.1) is 0 Å². The Morgan fingerprint density at radius 2 is 1.75 bits per heavy atom. The lowest BCUT2D eigenvalue weighted by Gasteiger charge is -2.17. The number of hydrogen-bond acceptors (Lipinski definition) is 5. The highest BCUT2D eigenvalue weighted by Crippen LogP contribution is 2.30. The van der Waals surface area contributed by atoms with Crippen LogP contribution in [0.3, 0.4) is 0 Å².